The fourth-order valence-corrected chi connectivity index (χ4v) is 2.31. The maximum Gasteiger partial charge on any atom is 0.159 e. The van der Waals surface area contributed by atoms with Gasteiger partial charge in [0.05, 0.1) is 13.2 Å². The maximum atomic E-state index is 6.21. The highest BCUT2D eigenvalue weighted by Gasteiger charge is 2.20. The molecule has 1 aromatic rings. The van der Waals surface area contributed by atoms with Crippen molar-refractivity contribution >= 4 is 0 Å². The van der Waals surface area contributed by atoms with Crippen molar-refractivity contribution in [1.82, 2.24) is 0 Å². The van der Waals surface area contributed by atoms with E-state index in [2.05, 4.69) is 38.1 Å². The van der Waals surface area contributed by atoms with Crippen LogP contribution >= 0.6 is 0 Å². The molecule has 0 bridgehead atoms. The molecule has 2 rings (SSSR count). The van der Waals surface area contributed by atoms with Crippen molar-refractivity contribution in [3.05, 3.63) is 35.4 Å². The average molecular weight is 249 g/mol. The predicted molar refractivity (Wildman–Crippen MR) is 72.2 cm³/mol. The van der Waals surface area contributed by atoms with E-state index >= 15 is 0 Å². The van der Waals surface area contributed by atoms with Gasteiger partial charge in [0.25, 0.3) is 0 Å². The third kappa shape index (κ3) is 3.80. The van der Waals surface area contributed by atoms with E-state index in [1.54, 1.807) is 0 Å². The lowest BCUT2D eigenvalue weighted by Gasteiger charge is -2.17. The van der Waals surface area contributed by atoms with Gasteiger partial charge in [-0.05, 0) is 23.5 Å². The summed E-state index contributed by atoms with van der Waals surface area (Å²) in [6.07, 6.45) is 1.69. The van der Waals surface area contributed by atoms with Crippen LogP contribution in [0.25, 0.3) is 0 Å². The van der Waals surface area contributed by atoms with Crippen LogP contribution in [0.2, 0.25) is 0 Å². The summed E-state index contributed by atoms with van der Waals surface area (Å²) in [5.41, 5.74) is 8.74. The van der Waals surface area contributed by atoms with Crippen LogP contribution in [0, 0.1) is 5.92 Å². The van der Waals surface area contributed by atoms with Crippen molar-refractivity contribution in [3.8, 4) is 0 Å². The molecule has 1 fully saturated rings. The van der Waals surface area contributed by atoms with Gasteiger partial charge in [0.1, 0.15) is 0 Å². The monoisotopic (exact) mass is 249 g/mol. The Morgan fingerprint density at radius 1 is 1.28 bits per heavy atom. The van der Waals surface area contributed by atoms with Gasteiger partial charge in [0, 0.05) is 12.5 Å². The SMILES string of the molecule is CC(C)Cc1cccc(C(N)CC2OCCO2)c1. The zero-order chi connectivity index (χ0) is 13.0. The fraction of sp³-hybridized carbons (Fsp3) is 0.600. The first-order valence-corrected chi connectivity index (χ1v) is 6.73. The van der Waals surface area contributed by atoms with Crippen LogP contribution in [0.3, 0.4) is 0 Å². The number of hydrogen-bond donors (Lipinski definition) is 1. The molecule has 3 nitrogen and oxygen atoms in total. The number of ether oxygens (including phenoxy) is 2. The Balaban J connectivity index is 1.98. The first-order chi connectivity index (χ1) is 8.65. The molecule has 1 aliphatic heterocycles. The Morgan fingerprint density at radius 3 is 2.67 bits per heavy atom. The van der Waals surface area contributed by atoms with E-state index in [1.165, 1.54) is 11.1 Å². The number of nitrogens with two attached hydrogens (primary N) is 1. The van der Waals surface area contributed by atoms with Gasteiger partial charge in [-0.3, -0.25) is 0 Å². The van der Waals surface area contributed by atoms with E-state index in [4.69, 9.17) is 15.2 Å². The third-order valence-corrected chi connectivity index (χ3v) is 3.16. The van der Waals surface area contributed by atoms with Crippen molar-refractivity contribution in [2.24, 2.45) is 11.7 Å². The maximum absolute atomic E-state index is 6.21. The van der Waals surface area contributed by atoms with Gasteiger partial charge in [0.2, 0.25) is 0 Å². The molecule has 1 aliphatic rings. The number of benzene rings is 1. The summed E-state index contributed by atoms with van der Waals surface area (Å²) in [5, 5.41) is 0. The Morgan fingerprint density at radius 2 is 2.00 bits per heavy atom. The molecule has 0 saturated carbocycles. The largest absolute Gasteiger partial charge is 0.350 e. The van der Waals surface area contributed by atoms with Crippen LogP contribution in [0.5, 0.6) is 0 Å². The summed E-state index contributed by atoms with van der Waals surface area (Å²) in [5.74, 6) is 0.665. The lowest BCUT2D eigenvalue weighted by atomic mass is 9.97. The highest BCUT2D eigenvalue weighted by atomic mass is 16.7. The molecule has 0 aliphatic carbocycles. The normalized spacial score (nSPS) is 18.4. The summed E-state index contributed by atoms with van der Waals surface area (Å²) in [4.78, 5) is 0. The zero-order valence-corrected chi connectivity index (χ0v) is 11.3. The van der Waals surface area contributed by atoms with Crippen molar-refractivity contribution in [1.29, 1.82) is 0 Å². The highest BCUT2D eigenvalue weighted by Crippen LogP contribution is 2.21. The Labute approximate surface area is 109 Å². The topological polar surface area (TPSA) is 44.5 Å². The summed E-state index contributed by atoms with van der Waals surface area (Å²) in [6, 6.07) is 8.53. The molecule has 0 amide bonds. The lowest BCUT2D eigenvalue weighted by Crippen LogP contribution is -2.19. The van der Waals surface area contributed by atoms with Gasteiger partial charge in [-0.1, -0.05) is 38.1 Å². The molecule has 1 saturated heterocycles. The molecule has 2 N–H and O–H groups in total. The van der Waals surface area contributed by atoms with E-state index in [0.29, 0.717) is 19.1 Å². The summed E-state index contributed by atoms with van der Waals surface area (Å²) >= 11 is 0. The second kappa shape index (κ2) is 6.32. The van der Waals surface area contributed by atoms with Gasteiger partial charge in [0.15, 0.2) is 6.29 Å². The molecule has 1 heterocycles. The van der Waals surface area contributed by atoms with Crippen LogP contribution in [0.1, 0.15) is 37.4 Å². The molecule has 1 unspecified atom stereocenters. The molecule has 1 aromatic carbocycles. The quantitative estimate of drug-likeness (QED) is 0.872. The first kappa shape index (κ1) is 13.5. The van der Waals surface area contributed by atoms with E-state index in [1.807, 2.05) is 0 Å². The van der Waals surface area contributed by atoms with Gasteiger partial charge < -0.3 is 15.2 Å². The van der Waals surface area contributed by atoms with E-state index in [-0.39, 0.29) is 12.3 Å². The molecule has 18 heavy (non-hydrogen) atoms. The molecule has 100 valence electrons. The molecular formula is C15H23NO2. The predicted octanol–water partition coefficient (Wildman–Crippen LogP) is 2.65. The van der Waals surface area contributed by atoms with Gasteiger partial charge in [-0.2, -0.15) is 0 Å². The van der Waals surface area contributed by atoms with Crippen LogP contribution in [0.4, 0.5) is 0 Å². The standard InChI is InChI=1S/C15H23NO2/c1-11(2)8-12-4-3-5-13(9-12)14(16)10-15-17-6-7-18-15/h3-5,9,11,14-15H,6-8,10,16H2,1-2H3. The van der Waals surface area contributed by atoms with Gasteiger partial charge >= 0.3 is 0 Å². The molecule has 0 aromatic heterocycles. The molecule has 0 spiro atoms. The van der Waals surface area contributed by atoms with Gasteiger partial charge in [-0.15, -0.1) is 0 Å². The summed E-state index contributed by atoms with van der Waals surface area (Å²) in [6.45, 7) is 5.83. The molecule has 0 radical (unpaired) electrons. The molecule has 1 atom stereocenters. The minimum absolute atomic E-state index is 0.0137. The lowest BCUT2D eigenvalue weighted by molar-refractivity contribution is -0.0507. The summed E-state index contributed by atoms with van der Waals surface area (Å²) < 4.78 is 10.9. The van der Waals surface area contributed by atoms with E-state index < -0.39 is 0 Å². The minimum atomic E-state index is -0.131. The zero-order valence-electron chi connectivity index (χ0n) is 11.3. The van der Waals surface area contributed by atoms with Crippen LogP contribution in [-0.2, 0) is 15.9 Å². The molecule has 3 heteroatoms. The fourth-order valence-electron chi connectivity index (χ4n) is 2.31. The highest BCUT2D eigenvalue weighted by molar-refractivity contribution is 5.26. The van der Waals surface area contributed by atoms with Crippen molar-refractivity contribution in [2.45, 2.75) is 39.0 Å². The van der Waals surface area contributed by atoms with Crippen LogP contribution in [0.15, 0.2) is 24.3 Å². The van der Waals surface area contributed by atoms with Crippen molar-refractivity contribution in [2.75, 3.05) is 13.2 Å². The van der Waals surface area contributed by atoms with Crippen molar-refractivity contribution < 1.29 is 9.47 Å². The van der Waals surface area contributed by atoms with Crippen LogP contribution < -0.4 is 5.73 Å². The number of rotatable bonds is 5. The second-order valence-corrected chi connectivity index (χ2v) is 5.36. The Kier molecular flexibility index (Phi) is 4.75. The van der Waals surface area contributed by atoms with E-state index in [9.17, 15) is 0 Å². The molecular weight excluding hydrogens is 226 g/mol. The van der Waals surface area contributed by atoms with Crippen molar-refractivity contribution in [3.63, 3.8) is 0 Å². The van der Waals surface area contributed by atoms with Gasteiger partial charge in [-0.25, -0.2) is 0 Å². The van der Waals surface area contributed by atoms with Crippen LogP contribution in [-0.4, -0.2) is 19.5 Å². The smallest absolute Gasteiger partial charge is 0.159 e. The average Bonchev–Trinajstić information content (AvgIpc) is 2.81. The number of hydrogen-bond acceptors (Lipinski definition) is 3. The first-order valence-electron chi connectivity index (χ1n) is 6.73. The summed E-state index contributed by atoms with van der Waals surface area (Å²) in [7, 11) is 0. The third-order valence-electron chi connectivity index (χ3n) is 3.16. The second-order valence-electron chi connectivity index (χ2n) is 5.36. The Hall–Kier alpha value is -0.900. The minimum Gasteiger partial charge on any atom is -0.350 e. The Bertz CT molecular complexity index is 373. The van der Waals surface area contributed by atoms with E-state index in [0.717, 1.165) is 12.8 Å².